The molecule has 0 bridgehead atoms. The van der Waals surface area contributed by atoms with Crippen LogP contribution in [-0.2, 0) is 23.1 Å². The number of rotatable bonds is 10. The van der Waals surface area contributed by atoms with Crippen molar-refractivity contribution in [2.24, 2.45) is 0 Å². The summed E-state index contributed by atoms with van der Waals surface area (Å²) >= 11 is 0. The summed E-state index contributed by atoms with van der Waals surface area (Å²) in [4.78, 5) is 16.7. The van der Waals surface area contributed by atoms with Gasteiger partial charge in [0.2, 0.25) is 10.0 Å². The highest BCUT2D eigenvalue weighted by Crippen LogP contribution is 2.22. The van der Waals surface area contributed by atoms with Crippen molar-refractivity contribution in [1.82, 2.24) is 19.2 Å². The average Bonchev–Trinajstić information content (AvgIpc) is 3.43. The molecular weight excluding hydrogens is 406 g/mol. The van der Waals surface area contributed by atoms with E-state index in [-0.39, 0.29) is 16.4 Å². The Balaban J connectivity index is 1.73. The number of aryl methyl sites for hydroxylation is 1. The minimum Gasteiger partial charge on any atom is -0.467 e. The molecule has 160 valence electrons. The molecule has 30 heavy (non-hydrogen) atoms. The van der Waals surface area contributed by atoms with Crippen molar-refractivity contribution >= 4 is 21.6 Å². The monoisotopic (exact) mass is 431 g/mol. The molecule has 0 saturated heterocycles. The largest absolute Gasteiger partial charge is 0.467 e. The van der Waals surface area contributed by atoms with Crippen LogP contribution in [0.1, 0.15) is 22.5 Å². The van der Waals surface area contributed by atoms with Crippen LogP contribution in [0.25, 0.3) is 0 Å². The predicted octanol–water partition coefficient (Wildman–Crippen LogP) is 2.16. The lowest BCUT2D eigenvalue weighted by atomic mass is 10.2. The van der Waals surface area contributed by atoms with Crippen LogP contribution in [0.2, 0.25) is 0 Å². The number of carbonyl (C=O) groups excluding carboxylic acids is 1. The zero-order valence-electron chi connectivity index (χ0n) is 16.9. The molecule has 0 fully saturated rings. The number of amides is 1. The van der Waals surface area contributed by atoms with Crippen LogP contribution in [0.5, 0.6) is 0 Å². The number of benzene rings is 1. The topological polar surface area (TPSA) is 109 Å². The summed E-state index contributed by atoms with van der Waals surface area (Å²) in [5, 5.41) is 5.95. The minimum atomic E-state index is -3.70. The van der Waals surface area contributed by atoms with E-state index in [9.17, 15) is 13.2 Å². The quantitative estimate of drug-likeness (QED) is 0.476. The van der Waals surface area contributed by atoms with E-state index in [1.165, 1.54) is 26.2 Å². The van der Waals surface area contributed by atoms with Gasteiger partial charge >= 0.3 is 0 Å². The van der Waals surface area contributed by atoms with Gasteiger partial charge in [-0.1, -0.05) is 0 Å². The van der Waals surface area contributed by atoms with Crippen molar-refractivity contribution < 1.29 is 17.6 Å². The third kappa shape index (κ3) is 5.49. The van der Waals surface area contributed by atoms with Crippen LogP contribution in [-0.4, -0.2) is 48.8 Å². The molecule has 0 atom stereocenters. The number of anilines is 1. The zero-order chi connectivity index (χ0) is 21.6. The molecule has 0 aliphatic carbocycles. The number of furan rings is 1. The fraction of sp³-hybridized carbons (Fsp3) is 0.300. The summed E-state index contributed by atoms with van der Waals surface area (Å²) in [5.74, 6) is 0.360. The molecule has 9 nitrogen and oxygen atoms in total. The Morgan fingerprint density at radius 3 is 2.77 bits per heavy atom. The third-order valence-electron chi connectivity index (χ3n) is 4.43. The smallest absolute Gasteiger partial charge is 0.251 e. The molecule has 10 heteroatoms. The van der Waals surface area contributed by atoms with E-state index in [1.807, 2.05) is 10.8 Å². The molecule has 3 aromatic rings. The first kappa shape index (κ1) is 21.6. The van der Waals surface area contributed by atoms with Crippen molar-refractivity contribution in [3.63, 3.8) is 0 Å². The highest BCUT2D eigenvalue weighted by Gasteiger charge is 2.20. The molecule has 1 aromatic carbocycles. The maximum Gasteiger partial charge on any atom is 0.251 e. The number of sulfonamides is 1. The average molecular weight is 432 g/mol. The molecule has 0 aliphatic rings. The van der Waals surface area contributed by atoms with Gasteiger partial charge in [-0.25, -0.2) is 17.7 Å². The molecule has 2 N–H and O–H groups in total. The van der Waals surface area contributed by atoms with E-state index in [2.05, 4.69) is 15.6 Å². The summed E-state index contributed by atoms with van der Waals surface area (Å²) in [6.07, 6.45) is 7.56. The number of carbonyl (C=O) groups is 1. The lowest BCUT2D eigenvalue weighted by molar-refractivity contribution is 0.0952. The second-order valence-corrected chi connectivity index (χ2v) is 9.03. The van der Waals surface area contributed by atoms with Crippen LogP contribution < -0.4 is 10.6 Å². The number of hydrogen-bond acceptors (Lipinski definition) is 6. The maximum atomic E-state index is 12.7. The Bertz CT molecular complexity index is 1060. The Kier molecular flexibility index (Phi) is 6.91. The Hall–Kier alpha value is -3.11. The maximum absolute atomic E-state index is 12.7. The van der Waals surface area contributed by atoms with Gasteiger partial charge in [0.15, 0.2) is 0 Å². The van der Waals surface area contributed by atoms with Crippen LogP contribution in [0.15, 0.2) is 64.6 Å². The molecule has 2 heterocycles. The molecule has 0 aliphatic heterocycles. The summed E-state index contributed by atoms with van der Waals surface area (Å²) in [6, 6.07) is 8.10. The van der Waals surface area contributed by atoms with Crippen LogP contribution in [0, 0.1) is 0 Å². The van der Waals surface area contributed by atoms with Gasteiger partial charge in [0.1, 0.15) is 5.76 Å². The number of nitrogens with one attached hydrogen (secondary N) is 2. The number of imidazole rings is 1. The number of aromatic nitrogens is 2. The Morgan fingerprint density at radius 2 is 2.10 bits per heavy atom. The van der Waals surface area contributed by atoms with Gasteiger partial charge in [-0.3, -0.25) is 4.79 Å². The van der Waals surface area contributed by atoms with E-state index >= 15 is 0 Å². The van der Waals surface area contributed by atoms with Crippen LogP contribution >= 0.6 is 0 Å². The van der Waals surface area contributed by atoms with E-state index in [4.69, 9.17) is 4.42 Å². The van der Waals surface area contributed by atoms with Gasteiger partial charge in [0.05, 0.1) is 24.0 Å². The van der Waals surface area contributed by atoms with E-state index in [0.717, 1.165) is 17.3 Å². The van der Waals surface area contributed by atoms with Crippen LogP contribution in [0.4, 0.5) is 5.69 Å². The predicted molar refractivity (Wildman–Crippen MR) is 113 cm³/mol. The SMILES string of the molecule is CN(C)S(=O)(=O)c1cc(NCc2ccco2)cc(C(=O)NCCCn2ccnc2)c1. The van der Waals surface area contributed by atoms with Crippen molar-refractivity contribution in [2.75, 3.05) is 26.0 Å². The lowest BCUT2D eigenvalue weighted by Gasteiger charge is -2.15. The summed E-state index contributed by atoms with van der Waals surface area (Å²) in [6.45, 7) is 1.55. The van der Waals surface area contributed by atoms with Crippen molar-refractivity contribution in [2.45, 2.75) is 24.4 Å². The Morgan fingerprint density at radius 1 is 1.27 bits per heavy atom. The normalized spacial score (nSPS) is 11.6. The van der Waals surface area contributed by atoms with E-state index in [1.54, 1.807) is 37.0 Å². The first-order chi connectivity index (χ1) is 14.4. The standard InChI is InChI=1S/C20H25N5O4S/c1-24(2)30(27,28)19-12-16(11-17(13-19)23-14-18-5-3-10-29-18)20(26)22-6-4-8-25-9-7-21-15-25/h3,5,7,9-13,15,23H,4,6,8,14H2,1-2H3,(H,22,26). The highest BCUT2D eigenvalue weighted by atomic mass is 32.2. The molecular formula is C20H25N5O4S. The van der Waals surface area contributed by atoms with Crippen LogP contribution in [0.3, 0.4) is 0 Å². The zero-order valence-corrected chi connectivity index (χ0v) is 17.7. The summed E-state index contributed by atoms with van der Waals surface area (Å²) in [7, 11) is -0.798. The molecule has 0 saturated carbocycles. The van der Waals surface area contributed by atoms with Crippen molar-refractivity contribution in [1.29, 1.82) is 0 Å². The van der Waals surface area contributed by atoms with E-state index in [0.29, 0.717) is 24.5 Å². The fourth-order valence-electron chi connectivity index (χ4n) is 2.78. The molecule has 3 rings (SSSR count). The molecule has 0 spiro atoms. The molecule has 0 unspecified atom stereocenters. The van der Waals surface area contributed by atoms with E-state index < -0.39 is 10.0 Å². The second kappa shape index (κ2) is 9.59. The van der Waals surface area contributed by atoms with Crippen molar-refractivity contribution in [3.8, 4) is 0 Å². The summed E-state index contributed by atoms with van der Waals surface area (Å²) < 4.78 is 33.6. The van der Waals surface area contributed by atoms with Gasteiger partial charge in [-0.2, -0.15) is 0 Å². The molecule has 2 aromatic heterocycles. The number of hydrogen-bond donors (Lipinski definition) is 2. The molecule has 0 radical (unpaired) electrons. The van der Waals surface area contributed by atoms with Gasteiger partial charge in [0.25, 0.3) is 5.91 Å². The van der Waals surface area contributed by atoms with Gasteiger partial charge in [0, 0.05) is 50.8 Å². The highest BCUT2D eigenvalue weighted by molar-refractivity contribution is 7.89. The second-order valence-electron chi connectivity index (χ2n) is 6.88. The Labute approximate surface area is 175 Å². The lowest BCUT2D eigenvalue weighted by Crippen LogP contribution is -2.26. The van der Waals surface area contributed by atoms with Gasteiger partial charge in [-0.15, -0.1) is 0 Å². The van der Waals surface area contributed by atoms with Crippen molar-refractivity contribution in [3.05, 3.63) is 66.6 Å². The van der Waals surface area contributed by atoms with Gasteiger partial charge in [-0.05, 0) is 36.8 Å². The van der Waals surface area contributed by atoms with Gasteiger partial charge < -0.3 is 19.6 Å². The molecule has 1 amide bonds. The first-order valence-electron chi connectivity index (χ1n) is 9.44. The fourth-order valence-corrected chi connectivity index (χ4v) is 3.75. The minimum absolute atomic E-state index is 0.0421. The number of nitrogens with zero attached hydrogens (tertiary/aromatic N) is 3. The summed E-state index contributed by atoms with van der Waals surface area (Å²) in [5.41, 5.74) is 0.778. The third-order valence-corrected chi connectivity index (χ3v) is 6.22. The first-order valence-corrected chi connectivity index (χ1v) is 10.9.